The fourth-order valence-electron chi connectivity index (χ4n) is 3.38. The van der Waals surface area contributed by atoms with Gasteiger partial charge in [0.1, 0.15) is 5.75 Å². The highest BCUT2D eigenvalue weighted by atomic mass is 32.1. The zero-order valence-corrected chi connectivity index (χ0v) is 19.7. The maximum absolute atomic E-state index is 13.3. The minimum absolute atomic E-state index is 0.273. The van der Waals surface area contributed by atoms with E-state index in [0.717, 1.165) is 21.6 Å². The number of carbonyl (C=O) groups excluding carboxylic acids is 2. The van der Waals surface area contributed by atoms with Crippen LogP contribution in [0.4, 0.5) is 5.13 Å². The molecule has 0 spiro atoms. The minimum Gasteiger partial charge on any atom is -0.494 e. The van der Waals surface area contributed by atoms with E-state index >= 15 is 0 Å². The lowest BCUT2D eigenvalue weighted by molar-refractivity contribution is -0.111. The molecule has 0 radical (unpaired) electrons. The van der Waals surface area contributed by atoms with Gasteiger partial charge < -0.3 is 9.47 Å². The van der Waals surface area contributed by atoms with E-state index in [0.29, 0.717) is 35.0 Å². The molecule has 0 aliphatic heterocycles. The predicted octanol–water partition coefficient (Wildman–Crippen LogP) is 6.05. The number of aromatic nitrogens is 1. The van der Waals surface area contributed by atoms with Crippen molar-refractivity contribution in [2.24, 2.45) is 0 Å². The molecular weight excluding hydrogens is 448 g/mol. The van der Waals surface area contributed by atoms with Gasteiger partial charge in [-0.05, 0) is 61.4 Å². The highest BCUT2D eigenvalue weighted by molar-refractivity contribution is 7.22. The molecule has 0 bridgehead atoms. The van der Waals surface area contributed by atoms with Crippen LogP contribution in [0.1, 0.15) is 35.3 Å². The Hall–Kier alpha value is -3.97. The Morgan fingerprint density at radius 1 is 0.941 bits per heavy atom. The van der Waals surface area contributed by atoms with Crippen LogP contribution in [0.5, 0.6) is 5.75 Å². The van der Waals surface area contributed by atoms with E-state index in [4.69, 9.17) is 9.47 Å². The summed E-state index contributed by atoms with van der Waals surface area (Å²) in [7, 11) is 0. The summed E-state index contributed by atoms with van der Waals surface area (Å²) in [6.45, 7) is 4.60. The van der Waals surface area contributed by atoms with Crippen LogP contribution >= 0.6 is 11.3 Å². The average Bonchev–Trinajstić information content (AvgIpc) is 3.25. The van der Waals surface area contributed by atoms with Crippen molar-refractivity contribution in [1.82, 2.24) is 4.98 Å². The first-order valence-corrected chi connectivity index (χ1v) is 11.8. The van der Waals surface area contributed by atoms with Gasteiger partial charge >= 0.3 is 5.97 Å². The van der Waals surface area contributed by atoms with Gasteiger partial charge in [-0.1, -0.05) is 53.8 Å². The molecule has 1 N–H and O–H groups in total. The van der Waals surface area contributed by atoms with Crippen molar-refractivity contribution in [1.29, 1.82) is 0 Å². The fraction of sp³-hybridized carbons (Fsp3) is 0.148. The topological polar surface area (TPSA) is 77.5 Å². The molecule has 1 amide bonds. The quantitative estimate of drug-likeness (QED) is 0.192. The van der Waals surface area contributed by atoms with E-state index in [9.17, 15) is 9.59 Å². The largest absolute Gasteiger partial charge is 0.494 e. The molecule has 0 fully saturated rings. The first kappa shape index (κ1) is 23.2. The molecule has 1 aromatic heterocycles. The number of fused-ring (bicyclic) bond motifs is 1. The van der Waals surface area contributed by atoms with Crippen molar-refractivity contribution in [3.05, 3.63) is 89.5 Å². The van der Waals surface area contributed by atoms with E-state index in [-0.39, 0.29) is 11.9 Å². The Labute approximate surface area is 201 Å². The van der Waals surface area contributed by atoms with Crippen LogP contribution in [0.25, 0.3) is 21.9 Å². The van der Waals surface area contributed by atoms with Gasteiger partial charge in [-0.3, -0.25) is 10.1 Å². The maximum Gasteiger partial charge on any atom is 0.338 e. The van der Waals surface area contributed by atoms with E-state index in [1.807, 2.05) is 67.6 Å². The molecule has 4 aromatic rings. The van der Waals surface area contributed by atoms with Gasteiger partial charge in [0, 0.05) is 5.57 Å². The molecule has 0 atom stereocenters. The summed E-state index contributed by atoms with van der Waals surface area (Å²) in [5.74, 6) is 0.125. The Bertz CT molecular complexity index is 1330. The van der Waals surface area contributed by atoms with Crippen molar-refractivity contribution in [3.63, 3.8) is 0 Å². The number of nitrogens with one attached hydrogen (secondary N) is 1. The molecule has 3 aromatic carbocycles. The lowest BCUT2D eigenvalue weighted by Gasteiger charge is -2.08. The zero-order valence-electron chi connectivity index (χ0n) is 18.9. The van der Waals surface area contributed by atoms with Crippen LogP contribution in [0.15, 0.2) is 72.8 Å². The number of amides is 1. The molecular formula is C27H24N2O4S. The molecule has 0 saturated heterocycles. The highest BCUT2D eigenvalue weighted by Crippen LogP contribution is 2.29. The van der Waals surface area contributed by atoms with E-state index in [2.05, 4.69) is 10.3 Å². The van der Waals surface area contributed by atoms with Crippen LogP contribution < -0.4 is 10.1 Å². The summed E-state index contributed by atoms with van der Waals surface area (Å²) in [4.78, 5) is 29.8. The summed E-state index contributed by atoms with van der Waals surface area (Å²) < 4.78 is 11.4. The van der Waals surface area contributed by atoms with Crippen molar-refractivity contribution >= 4 is 50.2 Å². The Morgan fingerprint density at radius 3 is 2.41 bits per heavy atom. The Kier molecular flexibility index (Phi) is 7.34. The molecule has 7 heteroatoms. The van der Waals surface area contributed by atoms with Gasteiger partial charge in [0.05, 0.1) is 29.0 Å². The number of ether oxygens (including phenoxy) is 2. The van der Waals surface area contributed by atoms with Crippen LogP contribution in [-0.2, 0) is 9.53 Å². The van der Waals surface area contributed by atoms with Gasteiger partial charge in [0.25, 0.3) is 5.91 Å². The Balaban J connectivity index is 1.62. The number of thiazole rings is 1. The summed E-state index contributed by atoms with van der Waals surface area (Å²) in [6.07, 6.45) is 1.84. The molecule has 4 rings (SSSR count). The summed E-state index contributed by atoms with van der Waals surface area (Å²) in [5.41, 5.74) is 3.33. The summed E-state index contributed by atoms with van der Waals surface area (Å²) in [5, 5.41) is 3.37. The fourth-order valence-corrected chi connectivity index (χ4v) is 4.28. The number of carbonyl (C=O) groups is 2. The number of esters is 1. The van der Waals surface area contributed by atoms with Gasteiger partial charge in [0.2, 0.25) is 0 Å². The molecule has 6 nitrogen and oxygen atoms in total. The third-order valence-electron chi connectivity index (χ3n) is 4.95. The first-order chi connectivity index (χ1) is 16.6. The average molecular weight is 473 g/mol. The van der Waals surface area contributed by atoms with Crippen molar-refractivity contribution in [2.45, 2.75) is 13.8 Å². The summed E-state index contributed by atoms with van der Waals surface area (Å²) >= 11 is 1.31. The van der Waals surface area contributed by atoms with E-state index in [1.54, 1.807) is 25.1 Å². The molecule has 0 saturated carbocycles. The molecule has 1 heterocycles. The second-order valence-electron chi connectivity index (χ2n) is 7.30. The number of rotatable bonds is 8. The molecule has 34 heavy (non-hydrogen) atoms. The second kappa shape index (κ2) is 10.8. The first-order valence-electron chi connectivity index (χ1n) is 11.0. The molecule has 0 unspecified atom stereocenters. The van der Waals surface area contributed by atoms with Gasteiger partial charge in [-0.2, -0.15) is 0 Å². The predicted molar refractivity (Wildman–Crippen MR) is 136 cm³/mol. The van der Waals surface area contributed by atoms with Crippen LogP contribution in [-0.4, -0.2) is 30.1 Å². The Morgan fingerprint density at radius 2 is 1.71 bits per heavy atom. The lowest BCUT2D eigenvalue weighted by Crippen LogP contribution is -2.13. The molecule has 172 valence electrons. The van der Waals surface area contributed by atoms with E-state index < -0.39 is 0 Å². The minimum atomic E-state index is -0.381. The number of anilines is 1. The van der Waals surface area contributed by atoms with Gasteiger partial charge in [-0.15, -0.1) is 0 Å². The highest BCUT2D eigenvalue weighted by Gasteiger charge is 2.16. The third kappa shape index (κ3) is 5.50. The second-order valence-corrected chi connectivity index (χ2v) is 8.33. The van der Waals surface area contributed by atoms with Gasteiger partial charge in [0.15, 0.2) is 5.13 Å². The number of nitrogens with zero attached hydrogens (tertiary/aromatic N) is 1. The number of hydrogen-bond acceptors (Lipinski definition) is 6. The molecule has 0 aliphatic carbocycles. The zero-order chi connectivity index (χ0) is 23.9. The SMILES string of the molecule is CCOC(=O)c1ccc2nc(NC(=O)/C(=C/c3ccc(OCC)cc3)c3ccccc3)sc2c1. The van der Waals surface area contributed by atoms with Crippen molar-refractivity contribution in [2.75, 3.05) is 18.5 Å². The van der Waals surface area contributed by atoms with Gasteiger partial charge in [-0.25, -0.2) is 9.78 Å². The molecule has 0 aliphatic rings. The number of benzene rings is 3. The van der Waals surface area contributed by atoms with Crippen molar-refractivity contribution < 1.29 is 19.1 Å². The van der Waals surface area contributed by atoms with Crippen LogP contribution in [0, 0.1) is 0 Å². The normalized spacial score (nSPS) is 11.3. The monoisotopic (exact) mass is 472 g/mol. The lowest BCUT2D eigenvalue weighted by atomic mass is 10.0. The standard InChI is InChI=1S/C27H24N2O4S/c1-3-32-21-13-10-18(11-14-21)16-22(19-8-6-5-7-9-19)25(30)29-27-28-23-15-12-20(17-24(23)34-27)26(31)33-4-2/h5-17H,3-4H2,1-2H3,(H,28,29,30)/b22-16+. The maximum atomic E-state index is 13.3. The van der Waals surface area contributed by atoms with Crippen LogP contribution in [0.2, 0.25) is 0 Å². The van der Waals surface area contributed by atoms with Crippen LogP contribution in [0.3, 0.4) is 0 Å². The number of hydrogen-bond donors (Lipinski definition) is 1. The van der Waals surface area contributed by atoms with Crippen molar-refractivity contribution in [3.8, 4) is 5.75 Å². The summed E-state index contributed by atoms with van der Waals surface area (Å²) in [6, 6.07) is 22.2. The van der Waals surface area contributed by atoms with E-state index in [1.165, 1.54) is 11.3 Å². The third-order valence-corrected chi connectivity index (χ3v) is 5.89. The smallest absolute Gasteiger partial charge is 0.338 e.